The number of aromatic nitrogens is 1. The molecule has 2 aromatic heterocycles. The number of aryl methyl sites for hydroxylation is 1. The smallest absolute Gasteiger partial charge is 0.271 e. The van der Waals surface area contributed by atoms with Gasteiger partial charge in [-0.15, -0.1) is 11.3 Å². The van der Waals surface area contributed by atoms with Gasteiger partial charge in [0.2, 0.25) is 0 Å². The molecular formula is C10H8BrClN2O2S2. The predicted molar refractivity (Wildman–Crippen MR) is 76.8 cm³/mol. The molecule has 0 aromatic carbocycles. The quantitative estimate of drug-likeness (QED) is 0.842. The van der Waals surface area contributed by atoms with Crippen molar-refractivity contribution in [2.75, 3.05) is 4.72 Å². The van der Waals surface area contributed by atoms with E-state index in [0.717, 1.165) is 16.9 Å². The fraction of sp³-hybridized carbons (Fsp3) is 0.100. The van der Waals surface area contributed by atoms with Crippen molar-refractivity contribution in [2.45, 2.75) is 11.1 Å². The van der Waals surface area contributed by atoms with Gasteiger partial charge in [-0.1, -0.05) is 11.6 Å². The van der Waals surface area contributed by atoms with Crippen molar-refractivity contribution in [3.63, 3.8) is 0 Å². The first kappa shape index (κ1) is 13.8. The summed E-state index contributed by atoms with van der Waals surface area (Å²) in [6, 6.07) is 4.82. The fourth-order valence-corrected chi connectivity index (χ4v) is 4.19. The van der Waals surface area contributed by atoms with Crippen LogP contribution in [0.2, 0.25) is 4.34 Å². The Morgan fingerprint density at radius 2 is 2.17 bits per heavy atom. The first-order valence-corrected chi connectivity index (χ1v) is 8.26. The molecule has 96 valence electrons. The molecule has 0 atom stereocenters. The number of anilines is 1. The van der Waals surface area contributed by atoms with Crippen LogP contribution in [0.15, 0.2) is 33.2 Å². The Hall–Kier alpha value is -0.630. The van der Waals surface area contributed by atoms with E-state index in [1.54, 1.807) is 25.1 Å². The number of pyridine rings is 1. The molecular weight excluding hydrogens is 360 g/mol. The normalized spacial score (nSPS) is 11.5. The average molecular weight is 368 g/mol. The van der Waals surface area contributed by atoms with Crippen molar-refractivity contribution in [3.05, 3.63) is 38.9 Å². The lowest BCUT2D eigenvalue weighted by molar-refractivity contribution is 0.603. The van der Waals surface area contributed by atoms with E-state index in [1.165, 1.54) is 6.20 Å². The Morgan fingerprint density at radius 1 is 1.44 bits per heavy atom. The van der Waals surface area contributed by atoms with E-state index < -0.39 is 10.0 Å². The first-order valence-electron chi connectivity index (χ1n) is 4.79. The SMILES string of the molecule is Cc1cc(S(=O)(=O)Nc2ccc(Br)nc2)sc1Cl. The minimum Gasteiger partial charge on any atom is -0.277 e. The lowest BCUT2D eigenvalue weighted by Gasteiger charge is -2.05. The Bertz CT molecular complexity index is 648. The van der Waals surface area contributed by atoms with Crippen LogP contribution in [0.25, 0.3) is 0 Å². The summed E-state index contributed by atoms with van der Waals surface area (Å²) < 4.78 is 27.9. The largest absolute Gasteiger partial charge is 0.277 e. The van der Waals surface area contributed by atoms with Crippen LogP contribution in [0.1, 0.15) is 5.56 Å². The molecule has 0 aliphatic heterocycles. The van der Waals surface area contributed by atoms with Crippen LogP contribution in [0, 0.1) is 6.92 Å². The van der Waals surface area contributed by atoms with E-state index in [9.17, 15) is 8.42 Å². The molecule has 1 N–H and O–H groups in total. The molecule has 2 heterocycles. The second-order valence-corrected chi connectivity index (χ2v) is 7.87. The molecule has 2 rings (SSSR count). The van der Waals surface area contributed by atoms with Crippen molar-refractivity contribution in [2.24, 2.45) is 0 Å². The topological polar surface area (TPSA) is 59.1 Å². The third kappa shape index (κ3) is 3.03. The fourth-order valence-electron chi connectivity index (χ4n) is 1.21. The molecule has 0 saturated heterocycles. The highest BCUT2D eigenvalue weighted by atomic mass is 79.9. The van der Waals surface area contributed by atoms with Gasteiger partial charge in [-0.25, -0.2) is 13.4 Å². The lowest BCUT2D eigenvalue weighted by Crippen LogP contribution is -2.11. The first-order chi connectivity index (χ1) is 8.38. The van der Waals surface area contributed by atoms with Gasteiger partial charge in [-0.3, -0.25) is 4.72 Å². The van der Waals surface area contributed by atoms with Crippen molar-refractivity contribution in [1.29, 1.82) is 0 Å². The van der Waals surface area contributed by atoms with E-state index in [1.807, 2.05) is 0 Å². The van der Waals surface area contributed by atoms with Gasteiger partial charge < -0.3 is 0 Å². The zero-order valence-corrected chi connectivity index (χ0v) is 13.1. The second kappa shape index (κ2) is 5.16. The molecule has 0 aliphatic rings. The Balaban J connectivity index is 2.29. The van der Waals surface area contributed by atoms with E-state index in [4.69, 9.17) is 11.6 Å². The van der Waals surface area contributed by atoms with Crippen molar-refractivity contribution < 1.29 is 8.42 Å². The van der Waals surface area contributed by atoms with Crippen LogP contribution >= 0.6 is 38.9 Å². The summed E-state index contributed by atoms with van der Waals surface area (Å²) in [7, 11) is -3.60. The Morgan fingerprint density at radius 3 is 2.67 bits per heavy atom. The van der Waals surface area contributed by atoms with Gasteiger partial charge in [0.25, 0.3) is 10.0 Å². The molecule has 8 heteroatoms. The number of halogens is 2. The van der Waals surface area contributed by atoms with Crippen LogP contribution in [-0.2, 0) is 10.0 Å². The lowest BCUT2D eigenvalue weighted by atomic mass is 10.4. The molecule has 0 spiro atoms. The van der Waals surface area contributed by atoms with Crippen LogP contribution in [0.5, 0.6) is 0 Å². The molecule has 18 heavy (non-hydrogen) atoms. The number of rotatable bonds is 3. The summed E-state index contributed by atoms with van der Waals surface area (Å²) in [6.07, 6.45) is 1.43. The van der Waals surface area contributed by atoms with Crippen LogP contribution in [0.4, 0.5) is 5.69 Å². The number of thiophene rings is 1. The minimum atomic E-state index is -3.60. The molecule has 4 nitrogen and oxygen atoms in total. The van der Waals surface area contributed by atoms with E-state index >= 15 is 0 Å². The summed E-state index contributed by atoms with van der Waals surface area (Å²) in [6.45, 7) is 1.76. The van der Waals surface area contributed by atoms with Crippen molar-refractivity contribution >= 4 is 54.6 Å². The predicted octanol–water partition coefficient (Wildman–Crippen LogP) is 3.67. The van der Waals surface area contributed by atoms with Crippen molar-refractivity contribution in [3.8, 4) is 0 Å². The highest BCUT2D eigenvalue weighted by molar-refractivity contribution is 9.10. The Kier molecular flexibility index (Phi) is 3.96. The van der Waals surface area contributed by atoms with Gasteiger partial charge in [0.15, 0.2) is 0 Å². The van der Waals surface area contributed by atoms with Gasteiger partial charge in [-0.05, 0) is 46.6 Å². The minimum absolute atomic E-state index is 0.188. The Labute approximate surface area is 122 Å². The zero-order valence-electron chi connectivity index (χ0n) is 9.15. The van der Waals surface area contributed by atoms with Gasteiger partial charge in [0.05, 0.1) is 16.2 Å². The highest BCUT2D eigenvalue weighted by Crippen LogP contribution is 2.31. The van der Waals surface area contributed by atoms with Gasteiger partial charge in [0.1, 0.15) is 8.81 Å². The van der Waals surface area contributed by atoms with Crippen LogP contribution in [-0.4, -0.2) is 13.4 Å². The summed E-state index contributed by atoms with van der Waals surface area (Å²) in [5.74, 6) is 0. The van der Waals surface area contributed by atoms with Crippen molar-refractivity contribution in [1.82, 2.24) is 4.98 Å². The third-order valence-corrected chi connectivity index (χ3v) is 5.96. The maximum absolute atomic E-state index is 12.1. The number of nitrogens with zero attached hydrogens (tertiary/aromatic N) is 1. The number of sulfonamides is 1. The summed E-state index contributed by atoms with van der Waals surface area (Å²) in [5.41, 5.74) is 1.15. The van der Waals surface area contributed by atoms with E-state index in [0.29, 0.717) is 14.6 Å². The number of hydrogen-bond acceptors (Lipinski definition) is 4. The standard InChI is InChI=1S/C10H8BrClN2O2S2/c1-6-4-9(17-10(6)12)18(15,16)14-7-2-3-8(11)13-5-7/h2-5,14H,1H3. The molecule has 0 radical (unpaired) electrons. The molecule has 0 fully saturated rings. The van der Waals surface area contributed by atoms with Crippen LogP contribution in [0.3, 0.4) is 0 Å². The summed E-state index contributed by atoms with van der Waals surface area (Å²) >= 11 is 10.1. The van der Waals surface area contributed by atoms with E-state index in [2.05, 4.69) is 25.6 Å². The van der Waals surface area contributed by atoms with Gasteiger partial charge in [0, 0.05) is 0 Å². The molecule has 0 unspecified atom stereocenters. The molecule has 0 bridgehead atoms. The zero-order chi connectivity index (χ0) is 13.3. The van der Waals surface area contributed by atoms with Crippen LogP contribution < -0.4 is 4.72 Å². The summed E-state index contributed by atoms with van der Waals surface area (Å²) in [5, 5.41) is 0. The maximum Gasteiger partial charge on any atom is 0.271 e. The molecule has 0 amide bonds. The number of hydrogen-bond donors (Lipinski definition) is 1. The maximum atomic E-state index is 12.1. The molecule has 0 saturated carbocycles. The molecule has 0 aliphatic carbocycles. The van der Waals surface area contributed by atoms with Gasteiger partial charge in [-0.2, -0.15) is 0 Å². The second-order valence-electron chi connectivity index (χ2n) is 3.50. The average Bonchev–Trinajstić information content (AvgIpc) is 2.63. The van der Waals surface area contributed by atoms with Gasteiger partial charge >= 0.3 is 0 Å². The third-order valence-electron chi connectivity index (χ3n) is 2.08. The molecule has 2 aromatic rings. The highest BCUT2D eigenvalue weighted by Gasteiger charge is 2.18. The summed E-state index contributed by atoms with van der Waals surface area (Å²) in [4.78, 5) is 3.95. The number of nitrogens with one attached hydrogen (secondary N) is 1. The monoisotopic (exact) mass is 366 g/mol. The van der Waals surface area contributed by atoms with E-state index in [-0.39, 0.29) is 4.21 Å².